The Morgan fingerprint density at radius 2 is 2.00 bits per heavy atom. The Labute approximate surface area is 101 Å². The second-order valence-electron chi connectivity index (χ2n) is 6.83. The van der Waals surface area contributed by atoms with Crippen LogP contribution in [0.3, 0.4) is 0 Å². The van der Waals surface area contributed by atoms with Gasteiger partial charge in [-0.15, -0.1) is 0 Å². The van der Waals surface area contributed by atoms with Gasteiger partial charge in [0.05, 0.1) is 12.2 Å². The highest BCUT2D eigenvalue weighted by Gasteiger charge is 2.25. The van der Waals surface area contributed by atoms with E-state index in [0.29, 0.717) is 17.6 Å². The van der Waals surface area contributed by atoms with Crippen LogP contribution >= 0.6 is 0 Å². The van der Waals surface area contributed by atoms with Gasteiger partial charge in [-0.1, -0.05) is 39.8 Å². The minimum Gasteiger partial charge on any atom is -0.375 e. The van der Waals surface area contributed by atoms with Crippen LogP contribution in [-0.4, -0.2) is 12.2 Å². The minimum atomic E-state index is 0.369. The van der Waals surface area contributed by atoms with Crippen molar-refractivity contribution in [3.05, 3.63) is 12.2 Å². The van der Waals surface area contributed by atoms with Gasteiger partial charge in [0.15, 0.2) is 0 Å². The molecule has 0 saturated carbocycles. The van der Waals surface area contributed by atoms with E-state index in [-0.39, 0.29) is 0 Å². The fraction of sp³-hybridized carbons (Fsp3) is 0.867. The third-order valence-corrected chi connectivity index (χ3v) is 3.14. The maximum Gasteiger partial charge on any atom is 0.0618 e. The minimum absolute atomic E-state index is 0.369. The molecule has 1 aliphatic heterocycles. The summed E-state index contributed by atoms with van der Waals surface area (Å²) < 4.78 is 5.98. The summed E-state index contributed by atoms with van der Waals surface area (Å²) in [5.41, 5.74) is 1.79. The Morgan fingerprint density at radius 3 is 2.50 bits per heavy atom. The highest BCUT2D eigenvalue weighted by molar-refractivity contribution is 5.01. The van der Waals surface area contributed by atoms with E-state index in [1.807, 2.05) is 0 Å². The first kappa shape index (κ1) is 13.8. The average Bonchev–Trinajstić information content (AvgIpc) is 1.96. The second kappa shape index (κ2) is 5.35. The summed E-state index contributed by atoms with van der Waals surface area (Å²) in [7, 11) is 0. The zero-order valence-corrected chi connectivity index (χ0v) is 11.7. The Morgan fingerprint density at radius 1 is 1.38 bits per heavy atom. The van der Waals surface area contributed by atoms with Gasteiger partial charge in [-0.25, -0.2) is 0 Å². The summed E-state index contributed by atoms with van der Waals surface area (Å²) in [4.78, 5) is 0. The molecular weight excluding hydrogens is 196 g/mol. The molecule has 94 valence electrons. The molecule has 1 rings (SSSR count). The van der Waals surface area contributed by atoms with E-state index in [1.165, 1.54) is 18.4 Å². The van der Waals surface area contributed by atoms with Crippen LogP contribution in [0.2, 0.25) is 0 Å². The van der Waals surface area contributed by atoms with Crippen molar-refractivity contribution in [2.45, 2.75) is 72.5 Å². The molecule has 16 heavy (non-hydrogen) atoms. The van der Waals surface area contributed by atoms with Crippen molar-refractivity contribution in [1.82, 2.24) is 0 Å². The van der Waals surface area contributed by atoms with Crippen molar-refractivity contribution in [2.75, 3.05) is 0 Å². The molecule has 0 aromatic heterocycles. The Balaban J connectivity index is 2.38. The third-order valence-electron chi connectivity index (χ3n) is 3.14. The molecule has 1 aliphatic rings. The van der Waals surface area contributed by atoms with Crippen LogP contribution in [0.15, 0.2) is 12.2 Å². The first-order chi connectivity index (χ1) is 7.26. The van der Waals surface area contributed by atoms with E-state index in [2.05, 4.69) is 41.2 Å². The Bertz CT molecular complexity index is 236. The summed E-state index contributed by atoms with van der Waals surface area (Å²) in [6, 6.07) is 0. The molecule has 0 aromatic carbocycles. The molecule has 1 fully saturated rings. The monoisotopic (exact) mass is 224 g/mol. The normalized spacial score (nSPS) is 29.2. The number of hydrogen-bond donors (Lipinski definition) is 0. The fourth-order valence-electron chi connectivity index (χ4n) is 2.95. The maximum atomic E-state index is 5.98. The highest BCUT2D eigenvalue weighted by atomic mass is 16.5. The Kier molecular flexibility index (Phi) is 4.61. The summed E-state index contributed by atoms with van der Waals surface area (Å²) in [6.45, 7) is 15.6. The lowest BCUT2D eigenvalue weighted by Gasteiger charge is -2.32. The van der Waals surface area contributed by atoms with E-state index in [1.54, 1.807) is 0 Å². The first-order valence-corrected chi connectivity index (χ1v) is 6.58. The van der Waals surface area contributed by atoms with Gasteiger partial charge in [-0.05, 0) is 43.9 Å². The van der Waals surface area contributed by atoms with Crippen LogP contribution in [0.5, 0.6) is 0 Å². The molecule has 1 saturated heterocycles. The standard InChI is InChI=1S/C15H28O/c1-11-7-13(3)16-14(8-11)9-12(2)10-15(4,5)6/h12-14H,1,7-10H2,2-6H3/t12-,13+,14+/m1/s1. The molecule has 0 aromatic rings. The zero-order chi connectivity index (χ0) is 12.3. The van der Waals surface area contributed by atoms with Crippen LogP contribution in [0, 0.1) is 11.3 Å². The number of rotatable bonds is 3. The predicted octanol–water partition coefficient (Wildman–Crippen LogP) is 4.57. The van der Waals surface area contributed by atoms with Crippen LogP contribution in [0.4, 0.5) is 0 Å². The largest absolute Gasteiger partial charge is 0.375 e. The topological polar surface area (TPSA) is 9.23 Å². The van der Waals surface area contributed by atoms with Crippen molar-refractivity contribution in [1.29, 1.82) is 0 Å². The van der Waals surface area contributed by atoms with Gasteiger partial charge in [0.2, 0.25) is 0 Å². The van der Waals surface area contributed by atoms with Crippen molar-refractivity contribution >= 4 is 0 Å². The molecule has 0 spiro atoms. The SMILES string of the molecule is C=C1C[C@@H](C[C@@H](C)CC(C)(C)C)O[C@@H](C)C1. The van der Waals surface area contributed by atoms with Crippen molar-refractivity contribution in [3.8, 4) is 0 Å². The smallest absolute Gasteiger partial charge is 0.0618 e. The van der Waals surface area contributed by atoms with Gasteiger partial charge in [0, 0.05) is 0 Å². The summed E-state index contributed by atoms with van der Waals surface area (Å²) in [5.74, 6) is 0.739. The van der Waals surface area contributed by atoms with Gasteiger partial charge >= 0.3 is 0 Å². The second-order valence-corrected chi connectivity index (χ2v) is 6.83. The molecule has 1 heterocycles. The predicted molar refractivity (Wildman–Crippen MR) is 70.6 cm³/mol. The van der Waals surface area contributed by atoms with Crippen LogP contribution in [-0.2, 0) is 4.74 Å². The van der Waals surface area contributed by atoms with Gasteiger partial charge in [-0.2, -0.15) is 0 Å². The maximum absolute atomic E-state index is 5.98. The van der Waals surface area contributed by atoms with Crippen molar-refractivity contribution < 1.29 is 4.74 Å². The average molecular weight is 224 g/mol. The van der Waals surface area contributed by atoms with Crippen molar-refractivity contribution in [2.24, 2.45) is 11.3 Å². The molecular formula is C15H28O. The van der Waals surface area contributed by atoms with Crippen LogP contribution < -0.4 is 0 Å². The molecule has 0 unspecified atom stereocenters. The summed E-state index contributed by atoms with van der Waals surface area (Å²) in [6.07, 6.45) is 5.35. The third kappa shape index (κ3) is 5.16. The van der Waals surface area contributed by atoms with Gasteiger partial charge in [0.1, 0.15) is 0 Å². The van der Waals surface area contributed by atoms with E-state index in [0.717, 1.165) is 18.8 Å². The number of ether oxygens (including phenoxy) is 1. The lowest BCUT2D eigenvalue weighted by atomic mass is 9.82. The fourth-order valence-corrected chi connectivity index (χ4v) is 2.95. The zero-order valence-electron chi connectivity index (χ0n) is 11.7. The van der Waals surface area contributed by atoms with Gasteiger partial charge < -0.3 is 4.74 Å². The quantitative estimate of drug-likeness (QED) is 0.638. The first-order valence-electron chi connectivity index (χ1n) is 6.58. The summed E-state index contributed by atoms with van der Waals surface area (Å²) in [5, 5.41) is 0. The lowest BCUT2D eigenvalue weighted by Crippen LogP contribution is -2.29. The molecule has 0 amide bonds. The van der Waals surface area contributed by atoms with Gasteiger partial charge in [-0.3, -0.25) is 0 Å². The highest BCUT2D eigenvalue weighted by Crippen LogP contribution is 2.31. The van der Waals surface area contributed by atoms with E-state index in [4.69, 9.17) is 4.74 Å². The van der Waals surface area contributed by atoms with E-state index >= 15 is 0 Å². The van der Waals surface area contributed by atoms with Crippen LogP contribution in [0.25, 0.3) is 0 Å². The molecule has 0 bridgehead atoms. The molecule has 0 radical (unpaired) electrons. The molecule has 1 heteroatoms. The molecule has 0 aliphatic carbocycles. The molecule has 3 atom stereocenters. The van der Waals surface area contributed by atoms with Crippen LogP contribution in [0.1, 0.15) is 60.3 Å². The van der Waals surface area contributed by atoms with Crippen molar-refractivity contribution in [3.63, 3.8) is 0 Å². The lowest BCUT2D eigenvalue weighted by molar-refractivity contribution is -0.0333. The van der Waals surface area contributed by atoms with E-state index < -0.39 is 0 Å². The number of hydrogen-bond acceptors (Lipinski definition) is 1. The molecule has 1 nitrogen and oxygen atoms in total. The summed E-state index contributed by atoms with van der Waals surface area (Å²) >= 11 is 0. The Hall–Kier alpha value is -0.300. The molecule has 0 N–H and O–H groups in total. The van der Waals surface area contributed by atoms with E-state index in [9.17, 15) is 0 Å². The van der Waals surface area contributed by atoms with Gasteiger partial charge in [0.25, 0.3) is 0 Å².